The second-order valence-corrected chi connectivity index (χ2v) is 9.09. The van der Waals surface area contributed by atoms with E-state index in [2.05, 4.69) is 15.5 Å². The van der Waals surface area contributed by atoms with Crippen molar-refractivity contribution in [2.45, 2.75) is 16.7 Å². The van der Waals surface area contributed by atoms with Gasteiger partial charge < -0.3 is 24.6 Å². The van der Waals surface area contributed by atoms with Gasteiger partial charge in [-0.1, -0.05) is 18.2 Å². The fourth-order valence-corrected chi connectivity index (χ4v) is 4.12. The van der Waals surface area contributed by atoms with Crippen LogP contribution in [-0.2, 0) is 25.0 Å². The third kappa shape index (κ3) is 4.52. The van der Waals surface area contributed by atoms with Gasteiger partial charge in [-0.05, 0) is 29.7 Å². The fraction of sp³-hybridized carbons (Fsp3) is 0.0556. The topological polar surface area (TPSA) is 209 Å². The van der Waals surface area contributed by atoms with Crippen molar-refractivity contribution in [3.05, 3.63) is 42.5 Å². The van der Waals surface area contributed by atoms with Crippen LogP contribution in [0.5, 0.6) is 11.5 Å². The first-order valence-corrected chi connectivity index (χ1v) is 11.3. The van der Waals surface area contributed by atoms with E-state index < -0.39 is 69.6 Å². The number of nitrogens with one attached hydrogen (secondary N) is 1. The Labute approximate surface area is 181 Å². The molecule has 0 saturated heterocycles. The van der Waals surface area contributed by atoms with Crippen LogP contribution in [0, 0.1) is 0 Å². The van der Waals surface area contributed by atoms with Crippen molar-refractivity contribution in [2.75, 3.05) is 5.32 Å². The summed E-state index contributed by atoms with van der Waals surface area (Å²) in [7, 11) is -10.6. The Bertz CT molecular complexity index is 1480. The van der Waals surface area contributed by atoms with E-state index in [-0.39, 0.29) is 5.69 Å². The standard InChI is InChI=1S/C18H15N3O9S2/c1-9(22)19-16-14-10(8-13(17(16)23)32(28,29)30)7-12(31(25,26)27)15(18(14)24)21-20-11-5-3-2-4-6-11/h2-8,23-24H,1H3,(H,19,22)(H,25,26,27)(H,28,29,30)/p-2. The lowest BCUT2D eigenvalue weighted by molar-refractivity contribution is -0.114. The summed E-state index contributed by atoms with van der Waals surface area (Å²) in [6.07, 6.45) is 0. The Morgan fingerprint density at radius 2 is 1.47 bits per heavy atom. The molecule has 3 N–H and O–H groups in total. The average Bonchev–Trinajstić information content (AvgIpc) is 2.67. The predicted molar refractivity (Wildman–Crippen MR) is 108 cm³/mol. The third-order valence-electron chi connectivity index (χ3n) is 4.14. The minimum atomic E-state index is -5.30. The number of aromatic hydroxyl groups is 2. The molecule has 0 heterocycles. The van der Waals surface area contributed by atoms with Crippen molar-refractivity contribution in [1.29, 1.82) is 0 Å². The smallest absolute Gasteiger partial charge is 0.221 e. The fourth-order valence-electron chi connectivity index (χ4n) is 2.86. The van der Waals surface area contributed by atoms with Crippen LogP contribution in [0.2, 0.25) is 0 Å². The van der Waals surface area contributed by atoms with Gasteiger partial charge in [-0.25, -0.2) is 16.8 Å². The molecule has 0 bridgehead atoms. The highest BCUT2D eigenvalue weighted by molar-refractivity contribution is 7.86. The molecule has 0 aliphatic heterocycles. The van der Waals surface area contributed by atoms with Crippen molar-refractivity contribution in [3.8, 4) is 11.5 Å². The predicted octanol–water partition coefficient (Wildman–Crippen LogP) is 2.43. The van der Waals surface area contributed by atoms with Crippen molar-refractivity contribution < 1.29 is 40.9 Å². The minimum absolute atomic E-state index is 0.235. The van der Waals surface area contributed by atoms with Crippen LogP contribution in [0.3, 0.4) is 0 Å². The molecular formula is C18H13N3O9S2-2. The average molecular weight is 479 g/mol. The molecule has 0 aromatic heterocycles. The van der Waals surface area contributed by atoms with Gasteiger partial charge >= 0.3 is 0 Å². The van der Waals surface area contributed by atoms with E-state index in [0.29, 0.717) is 12.1 Å². The van der Waals surface area contributed by atoms with Crippen LogP contribution in [0.15, 0.2) is 62.5 Å². The molecular weight excluding hydrogens is 466 g/mol. The zero-order valence-corrected chi connectivity index (χ0v) is 17.6. The number of carbonyl (C=O) groups excluding carboxylic acids is 1. The molecule has 0 radical (unpaired) electrons. The van der Waals surface area contributed by atoms with Crippen LogP contribution in [0.4, 0.5) is 17.1 Å². The van der Waals surface area contributed by atoms with Gasteiger partial charge in [-0.15, -0.1) is 5.11 Å². The molecule has 3 aromatic carbocycles. The zero-order chi connectivity index (χ0) is 23.8. The maximum absolute atomic E-state index is 11.8. The van der Waals surface area contributed by atoms with E-state index in [1.165, 1.54) is 12.1 Å². The molecule has 14 heteroatoms. The summed E-state index contributed by atoms with van der Waals surface area (Å²) in [6.45, 7) is 0.993. The molecule has 0 unspecified atom stereocenters. The molecule has 0 aliphatic rings. The maximum atomic E-state index is 11.8. The molecule has 0 atom stereocenters. The van der Waals surface area contributed by atoms with E-state index in [4.69, 9.17) is 0 Å². The zero-order valence-electron chi connectivity index (χ0n) is 16.0. The number of phenolic OH excluding ortho intramolecular Hbond substituents is 2. The molecule has 168 valence electrons. The summed E-state index contributed by atoms with van der Waals surface area (Å²) in [4.78, 5) is 9.30. The molecule has 3 aromatic rings. The Balaban J connectivity index is 2.48. The van der Waals surface area contributed by atoms with Crippen molar-refractivity contribution in [2.24, 2.45) is 10.2 Å². The van der Waals surface area contributed by atoms with Gasteiger partial charge in [0.25, 0.3) is 0 Å². The van der Waals surface area contributed by atoms with E-state index >= 15 is 0 Å². The van der Waals surface area contributed by atoms with Gasteiger partial charge in [-0.2, -0.15) is 5.11 Å². The summed E-state index contributed by atoms with van der Waals surface area (Å²) in [5.41, 5.74) is -1.29. The van der Waals surface area contributed by atoms with Gasteiger partial charge in [0.2, 0.25) is 5.91 Å². The summed E-state index contributed by atoms with van der Waals surface area (Å²) < 4.78 is 70.0. The maximum Gasteiger partial charge on any atom is 0.221 e. The first-order chi connectivity index (χ1) is 14.8. The molecule has 1 amide bonds. The first-order valence-electron chi connectivity index (χ1n) is 8.52. The quantitative estimate of drug-likeness (QED) is 0.278. The Hall–Kier alpha value is -3.59. The highest BCUT2D eigenvalue weighted by Crippen LogP contribution is 2.48. The largest absolute Gasteiger partial charge is 0.744 e. The lowest BCUT2D eigenvalue weighted by atomic mass is 10.1. The Morgan fingerprint density at radius 1 is 0.906 bits per heavy atom. The first kappa shape index (κ1) is 23.1. The van der Waals surface area contributed by atoms with E-state index in [9.17, 15) is 40.9 Å². The third-order valence-corrected chi connectivity index (χ3v) is 5.84. The summed E-state index contributed by atoms with van der Waals surface area (Å²) in [5, 5.41) is 29.6. The van der Waals surface area contributed by atoms with E-state index in [1.54, 1.807) is 18.2 Å². The number of fused-ring (bicyclic) bond motifs is 1. The summed E-state index contributed by atoms with van der Waals surface area (Å²) in [6, 6.07) is 9.06. The summed E-state index contributed by atoms with van der Waals surface area (Å²) >= 11 is 0. The molecule has 0 aliphatic carbocycles. The molecule has 0 fully saturated rings. The second-order valence-electron chi connectivity index (χ2n) is 6.39. The number of benzene rings is 3. The number of anilines is 1. The number of rotatable bonds is 5. The number of carbonyl (C=O) groups is 1. The number of phenols is 2. The molecule has 12 nitrogen and oxygen atoms in total. The normalized spacial score (nSPS) is 12.3. The Kier molecular flexibility index (Phi) is 5.88. The Morgan fingerprint density at radius 3 is 2.00 bits per heavy atom. The monoisotopic (exact) mass is 479 g/mol. The number of hydrogen-bond acceptors (Lipinski definition) is 11. The SMILES string of the molecule is CC(=O)Nc1c(O)c(S(=O)(=O)[O-])cc2cc(S(=O)(=O)[O-])c(N=Nc3ccccc3)c(O)c12. The van der Waals surface area contributed by atoms with Gasteiger partial charge in [0, 0.05) is 6.92 Å². The van der Waals surface area contributed by atoms with E-state index in [0.717, 1.165) is 6.92 Å². The van der Waals surface area contributed by atoms with Gasteiger partial charge in [-0.3, -0.25) is 4.79 Å². The highest BCUT2D eigenvalue weighted by atomic mass is 32.2. The van der Waals surface area contributed by atoms with Gasteiger partial charge in [0.15, 0.2) is 11.5 Å². The lowest BCUT2D eigenvalue weighted by Gasteiger charge is -2.19. The van der Waals surface area contributed by atoms with Crippen LogP contribution >= 0.6 is 0 Å². The van der Waals surface area contributed by atoms with Crippen LogP contribution in [0.1, 0.15) is 6.92 Å². The molecule has 0 saturated carbocycles. The molecule has 32 heavy (non-hydrogen) atoms. The highest BCUT2D eigenvalue weighted by Gasteiger charge is 2.25. The van der Waals surface area contributed by atoms with Crippen LogP contribution in [-0.4, -0.2) is 42.1 Å². The minimum Gasteiger partial charge on any atom is -0.744 e. The number of nitrogens with zero attached hydrogens (tertiary/aromatic N) is 2. The van der Waals surface area contributed by atoms with Gasteiger partial charge in [0.05, 0.1) is 26.6 Å². The number of hydrogen-bond donors (Lipinski definition) is 3. The van der Waals surface area contributed by atoms with E-state index in [1.807, 2.05) is 0 Å². The van der Waals surface area contributed by atoms with Crippen LogP contribution in [0.25, 0.3) is 10.8 Å². The lowest BCUT2D eigenvalue weighted by Crippen LogP contribution is -2.09. The van der Waals surface area contributed by atoms with Gasteiger partial charge in [0.1, 0.15) is 25.9 Å². The van der Waals surface area contributed by atoms with Crippen molar-refractivity contribution in [3.63, 3.8) is 0 Å². The van der Waals surface area contributed by atoms with Crippen molar-refractivity contribution >= 4 is 54.0 Å². The molecule has 3 rings (SSSR count). The number of amides is 1. The van der Waals surface area contributed by atoms with Crippen molar-refractivity contribution in [1.82, 2.24) is 0 Å². The molecule has 0 spiro atoms. The summed E-state index contributed by atoms with van der Waals surface area (Å²) in [5.74, 6) is -3.03. The second kappa shape index (κ2) is 8.16. The number of azo groups is 1. The van der Waals surface area contributed by atoms with Crippen LogP contribution < -0.4 is 5.32 Å².